The summed E-state index contributed by atoms with van der Waals surface area (Å²) in [5.74, 6) is -0.575. The molecule has 0 spiro atoms. The van der Waals surface area contributed by atoms with Crippen molar-refractivity contribution < 1.29 is 9.18 Å². The minimum Gasteiger partial charge on any atom is -0.331 e. The Bertz CT molecular complexity index is 952. The van der Waals surface area contributed by atoms with Crippen molar-refractivity contribution in [3.8, 4) is 0 Å². The van der Waals surface area contributed by atoms with Crippen molar-refractivity contribution in [3.63, 3.8) is 0 Å². The Kier molecular flexibility index (Phi) is 5.06. The average Bonchev–Trinajstić information content (AvgIpc) is 2.99. The van der Waals surface area contributed by atoms with Gasteiger partial charge in [-0.2, -0.15) is 0 Å². The number of fused-ring (bicyclic) bond motifs is 1. The topological polar surface area (TPSA) is 42.0 Å². The van der Waals surface area contributed by atoms with E-state index >= 15 is 0 Å². The molecule has 0 atom stereocenters. The maximum atomic E-state index is 14.8. The van der Waals surface area contributed by atoms with Crippen molar-refractivity contribution in [1.82, 2.24) is 4.98 Å². The number of nitrogens with one attached hydrogen (secondary N) is 1. The predicted octanol–water partition coefficient (Wildman–Crippen LogP) is 5.91. The van der Waals surface area contributed by atoms with Crippen molar-refractivity contribution in [2.24, 2.45) is 5.92 Å². The van der Waals surface area contributed by atoms with Gasteiger partial charge in [0.1, 0.15) is 17.1 Å². The first-order valence-corrected chi connectivity index (χ1v) is 9.19. The second kappa shape index (κ2) is 7.10. The fourth-order valence-electron chi connectivity index (χ4n) is 2.46. The van der Waals surface area contributed by atoms with Crippen LogP contribution in [-0.4, -0.2) is 10.8 Å². The lowest BCUT2D eigenvalue weighted by Crippen LogP contribution is -2.11. The molecule has 0 unspecified atom stereocenters. The molecule has 0 aliphatic heterocycles. The molecule has 0 aliphatic carbocycles. The Morgan fingerprint density at radius 3 is 2.76 bits per heavy atom. The zero-order valence-electron chi connectivity index (χ0n) is 14.2. The fraction of sp³-hybridized carbons (Fsp3) is 0.263. The lowest BCUT2D eigenvalue weighted by Gasteiger charge is -2.06. The summed E-state index contributed by atoms with van der Waals surface area (Å²) in [6.45, 7) is 5.59. The summed E-state index contributed by atoms with van der Waals surface area (Å²) >= 11 is 7.48. The quantitative estimate of drug-likeness (QED) is 0.602. The highest BCUT2D eigenvalue weighted by Gasteiger charge is 2.19. The molecule has 3 rings (SSSR count). The number of para-hydroxylation sites is 1. The Morgan fingerprint density at radius 2 is 2.08 bits per heavy atom. The highest BCUT2D eigenvalue weighted by Crippen LogP contribution is 2.36. The number of hydrogen-bond acceptors (Lipinski definition) is 4. The molecule has 130 valence electrons. The molecule has 0 aliphatic rings. The molecule has 0 bridgehead atoms. The number of thiazole rings is 1. The van der Waals surface area contributed by atoms with Crippen LogP contribution in [0.4, 0.5) is 15.2 Å². The summed E-state index contributed by atoms with van der Waals surface area (Å²) in [6.07, 6.45) is 0.0393. The van der Waals surface area contributed by atoms with Crippen molar-refractivity contribution in [3.05, 3.63) is 52.3 Å². The highest BCUT2D eigenvalue weighted by molar-refractivity contribution is 7.22. The van der Waals surface area contributed by atoms with Crippen molar-refractivity contribution in [1.29, 1.82) is 0 Å². The number of aryl methyl sites for hydroxylation is 1. The third-order valence-corrected chi connectivity index (χ3v) is 5.28. The van der Waals surface area contributed by atoms with Gasteiger partial charge in [-0.05, 0) is 30.2 Å². The van der Waals surface area contributed by atoms with Gasteiger partial charge >= 0.3 is 0 Å². The van der Waals surface area contributed by atoms with Gasteiger partial charge in [-0.3, -0.25) is 4.79 Å². The Morgan fingerprint density at radius 1 is 1.36 bits per heavy atom. The summed E-state index contributed by atoms with van der Waals surface area (Å²) < 4.78 is 15.2. The molecule has 0 saturated carbocycles. The molecular formula is C19H18ClFN2OS. The molecule has 0 saturated heterocycles. The number of anilines is 2. The molecule has 25 heavy (non-hydrogen) atoms. The largest absolute Gasteiger partial charge is 0.331 e. The molecule has 3 aromatic rings. The van der Waals surface area contributed by atoms with E-state index in [0.717, 1.165) is 11.3 Å². The molecule has 0 fully saturated rings. The van der Waals surface area contributed by atoms with Gasteiger partial charge in [0.2, 0.25) is 0 Å². The van der Waals surface area contributed by atoms with Crippen molar-refractivity contribution >= 4 is 49.8 Å². The summed E-state index contributed by atoms with van der Waals surface area (Å²) in [6, 6.07) is 9.31. The van der Waals surface area contributed by atoms with Crippen LogP contribution in [0, 0.1) is 18.7 Å². The molecule has 1 aromatic heterocycles. The van der Waals surface area contributed by atoms with Crippen LogP contribution in [0.5, 0.6) is 0 Å². The standard InChI is InChI=1S/C19H18ClFN2OS/c1-10(2)15(24)9-12-8-13(20)17-18(16(12)21)25-19(23-17)22-14-7-5-4-6-11(14)3/h4-8,10H,9H2,1-3H3,(H,22,23). The van der Waals surface area contributed by atoms with Crippen LogP contribution in [0.1, 0.15) is 25.0 Å². The smallest absolute Gasteiger partial charge is 0.188 e. The zero-order valence-corrected chi connectivity index (χ0v) is 15.8. The number of nitrogens with zero attached hydrogens (tertiary/aromatic N) is 1. The number of rotatable bonds is 5. The first kappa shape index (κ1) is 17.8. The molecule has 0 amide bonds. The van der Waals surface area contributed by atoms with E-state index < -0.39 is 5.82 Å². The van der Waals surface area contributed by atoms with Gasteiger partial charge in [-0.15, -0.1) is 0 Å². The number of halogens is 2. The predicted molar refractivity (Wildman–Crippen MR) is 103 cm³/mol. The summed E-state index contributed by atoms with van der Waals surface area (Å²) in [4.78, 5) is 16.4. The van der Waals surface area contributed by atoms with Crippen LogP contribution in [0.15, 0.2) is 30.3 Å². The van der Waals surface area contributed by atoms with Crippen LogP contribution in [0.3, 0.4) is 0 Å². The van der Waals surface area contributed by atoms with E-state index in [0.29, 0.717) is 25.9 Å². The maximum absolute atomic E-state index is 14.8. The third kappa shape index (κ3) is 3.67. The molecule has 2 aromatic carbocycles. The van der Waals surface area contributed by atoms with Crippen LogP contribution in [0.25, 0.3) is 10.2 Å². The first-order chi connectivity index (χ1) is 11.9. The van der Waals surface area contributed by atoms with Crippen LogP contribution >= 0.6 is 22.9 Å². The summed E-state index contributed by atoms with van der Waals surface area (Å²) in [5.41, 5.74) is 2.72. The van der Waals surface area contributed by atoms with Crippen molar-refractivity contribution in [2.45, 2.75) is 27.2 Å². The average molecular weight is 377 g/mol. The molecule has 6 heteroatoms. The number of carbonyl (C=O) groups is 1. The first-order valence-electron chi connectivity index (χ1n) is 7.99. The summed E-state index contributed by atoms with van der Waals surface area (Å²) in [5, 5.41) is 4.14. The van der Waals surface area contributed by atoms with E-state index in [1.165, 1.54) is 17.4 Å². The SMILES string of the molecule is Cc1ccccc1Nc1nc2c(Cl)cc(CC(=O)C(C)C)c(F)c2s1. The number of aromatic nitrogens is 1. The lowest BCUT2D eigenvalue weighted by atomic mass is 10.0. The molecule has 0 radical (unpaired) electrons. The monoisotopic (exact) mass is 376 g/mol. The highest BCUT2D eigenvalue weighted by atomic mass is 35.5. The summed E-state index contributed by atoms with van der Waals surface area (Å²) in [7, 11) is 0. The molecule has 1 heterocycles. The normalized spacial score (nSPS) is 11.3. The van der Waals surface area contributed by atoms with Crippen molar-refractivity contribution in [2.75, 3.05) is 5.32 Å². The third-order valence-electron chi connectivity index (χ3n) is 4.03. The van der Waals surface area contributed by atoms with E-state index in [9.17, 15) is 9.18 Å². The molecular weight excluding hydrogens is 359 g/mol. The number of hydrogen-bond donors (Lipinski definition) is 1. The van der Waals surface area contributed by atoms with Gasteiger partial charge in [0, 0.05) is 18.0 Å². The van der Waals surface area contributed by atoms with Crippen LogP contribution < -0.4 is 5.32 Å². The second-order valence-electron chi connectivity index (χ2n) is 6.27. The molecule has 1 N–H and O–H groups in total. The van der Waals surface area contributed by atoms with E-state index in [4.69, 9.17) is 11.6 Å². The maximum Gasteiger partial charge on any atom is 0.188 e. The van der Waals surface area contributed by atoms with Gasteiger partial charge in [-0.1, -0.05) is 55.0 Å². The minimum atomic E-state index is -0.413. The van der Waals surface area contributed by atoms with Gasteiger partial charge in [-0.25, -0.2) is 9.37 Å². The lowest BCUT2D eigenvalue weighted by molar-refractivity contribution is -0.121. The van der Waals surface area contributed by atoms with Crippen LogP contribution in [-0.2, 0) is 11.2 Å². The van der Waals surface area contributed by atoms with Gasteiger partial charge < -0.3 is 5.32 Å². The minimum absolute atomic E-state index is 0.0166. The van der Waals surface area contributed by atoms with Gasteiger partial charge in [0.05, 0.1) is 9.72 Å². The van der Waals surface area contributed by atoms with Gasteiger partial charge in [0.15, 0.2) is 5.13 Å². The van der Waals surface area contributed by atoms with E-state index in [1.54, 1.807) is 13.8 Å². The van der Waals surface area contributed by atoms with E-state index in [1.807, 2.05) is 31.2 Å². The second-order valence-corrected chi connectivity index (χ2v) is 7.67. The molecule has 3 nitrogen and oxygen atoms in total. The number of Topliss-reactive ketones (excluding diaryl/α,β-unsaturated/α-hetero) is 1. The Labute approximate surface area is 154 Å². The number of carbonyl (C=O) groups excluding carboxylic acids is 1. The zero-order chi connectivity index (χ0) is 18.1. The van der Waals surface area contributed by atoms with Gasteiger partial charge in [0.25, 0.3) is 0 Å². The fourth-order valence-corrected chi connectivity index (χ4v) is 3.75. The van der Waals surface area contributed by atoms with E-state index in [2.05, 4.69) is 10.3 Å². The Balaban J connectivity index is 2.00. The number of ketones is 1. The van der Waals surface area contributed by atoms with E-state index in [-0.39, 0.29) is 18.1 Å². The Hall–Kier alpha value is -1.98. The number of benzene rings is 2. The van der Waals surface area contributed by atoms with Crippen LogP contribution in [0.2, 0.25) is 5.02 Å².